The molecule has 2 heterocycles. The molecule has 0 bridgehead atoms. The number of benzene rings is 1. The second-order valence-electron chi connectivity index (χ2n) is 6.47. The summed E-state index contributed by atoms with van der Waals surface area (Å²) in [5.74, 6) is -5.03. The molecule has 1 aliphatic heterocycles. The van der Waals surface area contributed by atoms with E-state index in [0.29, 0.717) is 11.8 Å². The summed E-state index contributed by atoms with van der Waals surface area (Å²) < 4.78 is 54.7. The quantitative estimate of drug-likeness (QED) is 0.615. The van der Waals surface area contributed by atoms with Gasteiger partial charge >= 0.3 is 6.18 Å². The lowest BCUT2D eigenvalue weighted by Gasteiger charge is -2.19. The third-order valence-corrected chi connectivity index (χ3v) is 4.80. The second-order valence-corrected chi connectivity index (χ2v) is 6.86. The number of alkyl halides is 3. The monoisotopic (exact) mass is 418 g/mol. The van der Waals surface area contributed by atoms with Gasteiger partial charge in [-0.2, -0.15) is 18.3 Å². The molecule has 0 radical (unpaired) electrons. The summed E-state index contributed by atoms with van der Waals surface area (Å²) in [4.78, 5) is 26.5. The predicted molar refractivity (Wildman–Crippen MR) is 92.1 cm³/mol. The maximum Gasteiger partial charge on any atom is 0.421 e. The Morgan fingerprint density at radius 2 is 2.00 bits per heavy atom. The molecule has 0 spiro atoms. The van der Waals surface area contributed by atoms with Gasteiger partial charge in [0.05, 0.1) is 5.69 Å². The second kappa shape index (κ2) is 7.08. The van der Waals surface area contributed by atoms with E-state index >= 15 is 0 Å². The number of halogens is 5. The van der Waals surface area contributed by atoms with E-state index in [1.54, 1.807) is 7.05 Å². The molecule has 6 nitrogen and oxygen atoms in total. The highest BCUT2D eigenvalue weighted by Crippen LogP contribution is 2.39. The lowest BCUT2D eigenvalue weighted by atomic mass is 9.91. The van der Waals surface area contributed by atoms with Crippen molar-refractivity contribution in [2.45, 2.75) is 12.1 Å². The summed E-state index contributed by atoms with van der Waals surface area (Å²) in [6.07, 6.45) is -5.01. The van der Waals surface area contributed by atoms with E-state index in [1.807, 2.05) is 0 Å². The number of likely N-dealkylation sites (N-methyl/N-ethyl adjacent to an activating group) is 1. The average molecular weight is 419 g/mol. The number of hydrogen-bond acceptors (Lipinski definition) is 3. The van der Waals surface area contributed by atoms with E-state index in [9.17, 15) is 27.2 Å². The van der Waals surface area contributed by atoms with Crippen LogP contribution in [-0.2, 0) is 22.8 Å². The maximum absolute atomic E-state index is 13.7. The van der Waals surface area contributed by atoms with Gasteiger partial charge in [-0.25, -0.2) is 4.39 Å². The van der Waals surface area contributed by atoms with Crippen LogP contribution >= 0.6 is 11.6 Å². The Bertz CT molecular complexity index is 944. The Hall–Kier alpha value is -2.62. The number of likely N-dealkylation sites (tertiary alicyclic amines) is 1. The highest BCUT2D eigenvalue weighted by atomic mass is 35.5. The summed E-state index contributed by atoms with van der Waals surface area (Å²) in [5.41, 5.74) is -1.86. The Kier molecular flexibility index (Phi) is 5.09. The van der Waals surface area contributed by atoms with E-state index in [2.05, 4.69) is 10.4 Å². The van der Waals surface area contributed by atoms with Crippen LogP contribution in [0.3, 0.4) is 0 Å². The molecule has 1 aliphatic rings. The minimum atomic E-state index is -5.01. The number of rotatable bonds is 3. The first-order valence-corrected chi connectivity index (χ1v) is 8.49. The van der Waals surface area contributed by atoms with Crippen LogP contribution in [0.5, 0.6) is 0 Å². The van der Waals surface area contributed by atoms with Crippen LogP contribution in [0.1, 0.15) is 17.2 Å². The number of amides is 2. The molecule has 0 saturated carbocycles. The van der Waals surface area contributed by atoms with Crippen molar-refractivity contribution in [1.82, 2.24) is 14.7 Å². The van der Waals surface area contributed by atoms with Gasteiger partial charge in [-0.3, -0.25) is 14.3 Å². The number of nitrogens with one attached hydrogen (secondary N) is 1. The molecule has 1 aromatic heterocycles. The van der Waals surface area contributed by atoms with Crippen molar-refractivity contribution < 1.29 is 27.2 Å². The minimum absolute atomic E-state index is 0.155. The van der Waals surface area contributed by atoms with Crippen LogP contribution in [0.25, 0.3) is 0 Å². The van der Waals surface area contributed by atoms with Gasteiger partial charge in [-0.15, -0.1) is 0 Å². The largest absolute Gasteiger partial charge is 0.421 e. The lowest BCUT2D eigenvalue weighted by molar-refractivity contribution is -0.139. The first-order valence-electron chi connectivity index (χ1n) is 8.11. The molecule has 1 saturated heterocycles. The zero-order valence-corrected chi connectivity index (χ0v) is 15.5. The lowest BCUT2D eigenvalue weighted by Crippen LogP contribution is -2.33. The van der Waals surface area contributed by atoms with Crippen LogP contribution in [0.4, 0.5) is 23.2 Å². The fraction of sp³-hybridized carbons (Fsp3) is 0.353. The number of hydrogen-bond donors (Lipinski definition) is 1. The molecule has 2 unspecified atom stereocenters. The number of nitrogens with zero attached hydrogens (tertiary/aromatic N) is 3. The van der Waals surface area contributed by atoms with Crippen LogP contribution in [0.15, 0.2) is 24.3 Å². The molecule has 11 heteroatoms. The summed E-state index contributed by atoms with van der Waals surface area (Å²) in [7, 11) is 3.05. The molecule has 1 fully saturated rings. The fourth-order valence-electron chi connectivity index (χ4n) is 3.38. The zero-order chi connectivity index (χ0) is 20.8. The average Bonchev–Trinajstić information content (AvgIpc) is 3.05. The molecule has 2 atom stereocenters. The molecule has 28 heavy (non-hydrogen) atoms. The molecule has 2 amide bonds. The van der Waals surface area contributed by atoms with Gasteiger partial charge in [0.2, 0.25) is 11.8 Å². The van der Waals surface area contributed by atoms with Gasteiger partial charge in [0.15, 0.2) is 5.15 Å². The number of anilines is 1. The van der Waals surface area contributed by atoms with Crippen molar-refractivity contribution >= 4 is 29.1 Å². The van der Waals surface area contributed by atoms with Crippen molar-refractivity contribution in [2.75, 3.05) is 18.9 Å². The maximum atomic E-state index is 13.7. The number of aromatic nitrogens is 2. The molecular weight excluding hydrogens is 404 g/mol. The molecule has 2 aromatic rings. The zero-order valence-electron chi connectivity index (χ0n) is 14.7. The topological polar surface area (TPSA) is 67.2 Å². The van der Waals surface area contributed by atoms with E-state index in [1.165, 1.54) is 22.7 Å². The van der Waals surface area contributed by atoms with Crippen molar-refractivity contribution in [3.8, 4) is 0 Å². The molecule has 1 N–H and O–H groups in total. The summed E-state index contributed by atoms with van der Waals surface area (Å²) >= 11 is 5.86. The van der Waals surface area contributed by atoms with E-state index in [-0.39, 0.29) is 11.7 Å². The molecule has 3 rings (SSSR count). The Morgan fingerprint density at radius 3 is 2.57 bits per heavy atom. The van der Waals surface area contributed by atoms with Gasteiger partial charge in [0.1, 0.15) is 17.3 Å². The van der Waals surface area contributed by atoms with Crippen LogP contribution in [0, 0.1) is 11.7 Å². The third kappa shape index (κ3) is 3.56. The highest BCUT2D eigenvalue weighted by Gasteiger charge is 2.46. The molecule has 150 valence electrons. The summed E-state index contributed by atoms with van der Waals surface area (Å²) in [6, 6.07) is 4.11. The standard InChI is InChI=1S/C17H15ClF4N4O2/c1-25-7-8(11-6-12(18)24-26(11)2)13(16(25)28)15(27)23-10-5-3-4-9(19)14(10)17(20,21)22/h3-6,8,13H,7H2,1-2H3,(H,23,27). The van der Waals surface area contributed by atoms with E-state index < -0.39 is 46.9 Å². The van der Waals surface area contributed by atoms with E-state index in [4.69, 9.17) is 11.6 Å². The first-order chi connectivity index (χ1) is 13.0. The number of carbonyl (C=O) groups excluding carboxylic acids is 2. The van der Waals surface area contributed by atoms with Gasteiger partial charge < -0.3 is 10.2 Å². The fourth-order valence-corrected chi connectivity index (χ4v) is 3.60. The van der Waals surface area contributed by atoms with Crippen molar-refractivity contribution in [1.29, 1.82) is 0 Å². The Morgan fingerprint density at radius 1 is 1.32 bits per heavy atom. The summed E-state index contributed by atoms with van der Waals surface area (Å²) in [6.45, 7) is 0.155. The van der Waals surface area contributed by atoms with Crippen molar-refractivity contribution in [3.63, 3.8) is 0 Å². The smallest absolute Gasteiger partial charge is 0.344 e. The normalized spacial score (nSPS) is 20.0. The Labute approximate surface area is 162 Å². The molecular formula is C17H15ClF4N4O2. The predicted octanol–water partition coefficient (Wildman–Crippen LogP) is 3.04. The molecule has 0 aliphatic carbocycles. The Balaban J connectivity index is 1.96. The third-order valence-electron chi connectivity index (χ3n) is 4.62. The van der Waals surface area contributed by atoms with Gasteiger partial charge in [0.25, 0.3) is 0 Å². The van der Waals surface area contributed by atoms with Crippen molar-refractivity contribution in [3.05, 3.63) is 46.5 Å². The SMILES string of the molecule is CN1CC(c2cc(Cl)nn2C)C(C(=O)Nc2cccc(F)c2C(F)(F)F)C1=O. The molecule has 1 aromatic carbocycles. The van der Waals surface area contributed by atoms with Gasteiger partial charge in [-0.05, 0) is 18.2 Å². The number of aryl methyl sites for hydroxylation is 1. The van der Waals surface area contributed by atoms with Crippen LogP contribution in [0.2, 0.25) is 5.15 Å². The van der Waals surface area contributed by atoms with Crippen molar-refractivity contribution in [2.24, 2.45) is 13.0 Å². The van der Waals surface area contributed by atoms with Gasteiger partial charge in [0, 0.05) is 32.3 Å². The number of carbonyl (C=O) groups is 2. The minimum Gasteiger partial charge on any atom is -0.344 e. The first kappa shape index (κ1) is 20.1. The van der Waals surface area contributed by atoms with Gasteiger partial charge in [-0.1, -0.05) is 17.7 Å². The summed E-state index contributed by atoms with van der Waals surface area (Å²) in [5, 5.41) is 6.19. The van der Waals surface area contributed by atoms with E-state index in [0.717, 1.165) is 12.1 Å². The van der Waals surface area contributed by atoms with Crippen LogP contribution < -0.4 is 5.32 Å². The van der Waals surface area contributed by atoms with Crippen LogP contribution in [-0.4, -0.2) is 40.1 Å². The highest BCUT2D eigenvalue weighted by molar-refractivity contribution is 6.29.